The molecule has 0 aliphatic carbocycles. The molecule has 2 aromatic rings. The van der Waals surface area contributed by atoms with Crippen LogP contribution in [0.1, 0.15) is 53.5 Å². The van der Waals surface area contributed by atoms with Crippen LogP contribution in [0.2, 0.25) is 0 Å². The molecule has 1 heterocycles. The molecule has 0 spiro atoms. The smallest absolute Gasteiger partial charge is 0.412 e. The summed E-state index contributed by atoms with van der Waals surface area (Å²) < 4.78 is 5.28. The molecule has 6 nitrogen and oxygen atoms in total. The molecule has 0 bridgehead atoms. The number of ketones is 2. The zero-order valence-corrected chi connectivity index (χ0v) is 17.3. The van der Waals surface area contributed by atoms with Crippen molar-refractivity contribution in [3.8, 4) is 0 Å². The van der Waals surface area contributed by atoms with Crippen molar-refractivity contribution in [3.63, 3.8) is 0 Å². The van der Waals surface area contributed by atoms with Gasteiger partial charge in [0.25, 0.3) is 0 Å². The molecule has 28 heavy (non-hydrogen) atoms. The van der Waals surface area contributed by atoms with Crippen molar-refractivity contribution in [2.24, 2.45) is 5.41 Å². The first-order valence-corrected chi connectivity index (χ1v) is 9.21. The van der Waals surface area contributed by atoms with Crippen molar-refractivity contribution in [1.29, 1.82) is 0 Å². The number of hydrogen-bond donors (Lipinski definition) is 2. The first kappa shape index (κ1) is 21.4. The van der Waals surface area contributed by atoms with Crippen molar-refractivity contribution < 1.29 is 19.1 Å². The Kier molecular flexibility index (Phi) is 6.12. The average molecular weight is 384 g/mol. The molecule has 0 aliphatic heterocycles. The molecule has 0 radical (unpaired) electrons. The number of aromatic nitrogens is 1. The van der Waals surface area contributed by atoms with E-state index in [1.807, 2.05) is 24.3 Å². The van der Waals surface area contributed by atoms with Gasteiger partial charge < -0.3 is 9.72 Å². The molecule has 150 valence electrons. The van der Waals surface area contributed by atoms with Crippen LogP contribution in [0.4, 0.5) is 4.79 Å². The SMILES string of the molecule is CC(=O)C(C)(C)CC(=O)/C(=C/c1c[nH]c2ccccc12)NC(=O)OC(C)(C)C. The van der Waals surface area contributed by atoms with Crippen LogP contribution in [-0.4, -0.2) is 28.2 Å². The highest BCUT2D eigenvalue weighted by Gasteiger charge is 2.29. The van der Waals surface area contributed by atoms with E-state index < -0.39 is 17.1 Å². The fourth-order valence-electron chi connectivity index (χ4n) is 2.59. The number of carbonyl (C=O) groups is 3. The summed E-state index contributed by atoms with van der Waals surface area (Å²) in [5.74, 6) is -0.430. The van der Waals surface area contributed by atoms with Crippen LogP contribution < -0.4 is 5.32 Å². The van der Waals surface area contributed by atoms with Crippen LogP contribution in [0, 0.1) is 5.41 Å². The number of ether oxygens (including phenoxy) is 1. The summed E-state index contributed by atoms with van der Waals surface area (Å²) in [5, 5.41) is 3.48. The average Bonchev–Trinajstić information content (AvgIpc) is 2.95. The summed E-state index contributed by atoms with van der Waals surface area (Å²) in [4.78, 5) is 40.2. The van der Waals surface area contributed by atoms with Gasteiger partial charge in [0.1, 0.15) is 11.4 Å². The number of rotatable bonds is 6. The van der Waals surface area contributed by atoms with E-state index in [9.17, 15) is 14.4 Å². The predicted octanol–water partition coefficient (Wildman–Crippen LogP) is 4.61. The Labute approximate surface area is 165 Å². The van der Waals surface area contributed by atoms with E-state index in [-0.39, 0.29) is 23.7 Å². The topological polar surface area (TPSA) is 88.3 Å². The number of nitrogens with one attached hydrogen (secondary N) is 2. The van der Waals surface area contributed by atoms with Gasteiger partial charge in [-0.2, -0.15) is 0 Å². The van der Waals surface area contributed by atoms with Crippen LogP contribution in [0.25, 0.3) is 17.0 Å². The molecular formula is C22H28N2O4. The monoisotopic (exact) mass is 384 g/mol. The van der Waals surface area contributed by atoms with Gasteiger partial charge in [0, 0.05) is 34.5 Å². The van der Waals surface area contributed by atoms with E-state index in [4.69, 9.17) is 4.74 Å². The molecule has 1 aromatic heterocycles. The van der Waals surface area contributed by atoms with Gasteiger partial charge in [-0.05, 0) is 39.8 Å². The van der Waals surface area contributed by atoms with E-state index >= 15 is 0 Å². The third kappa shape index (κ3) is 5.55. The van der Waals surface area contributed by atoms with Gasteiger partial charge in [0.2, 0.25) is 0 Å². The number of alkyl carbamates (subject to hydrolysis) is 1. The number of Topliss-reactive ketones (excluding diaryl/α,β-unsaturated/α-hetero) is 2. The molecule has 1 aromatic carbocycles. The summed E-state index contributed by atoms with van der Waals surface area (Å²) >= 11 is 0. The van der Waals surface area contributed by atoms with Gasteiger partial charge >= 0.3 is 6.09 Å². The van der Waals surface area contributed by atoms with Crippen LogP contribution >= 0.6 is 0 Å². The Morgan fingerprint density at radius 3 is 2.36 bits per heavy atom. The first-order chi connectivity index (χ1) is 12.9. The summed E-state index contributed by atoms with van der Waals surface area (Å²) in [6.07, 6.45) is 2.64. The Bertz CT molecular complexity index is 929. The van der Waals surface area contributed by atoms with Gasteiger partial charge in [-0.15, -0.1) is 0 Å². The standard InChI is InChI=1S/C22H28N2O4/c1-14(25)22(5,6)12-19(26)18(24-20(27)28-21(2,3)4)11-15-13-23-17-10-8-7-9-16(15)17/h7-11,13,23H,12H2,1-6H3,(H,24,27)/b18-11-. The van der Waals surface area contributed by atoms with Gasteiger partial charge in [-0.3, -0.25) is 14.9 Å². The molecule has 0 unspecified atom stereocenters. The predicted molar refractivity (Wildman–Crippen MR) is 110 cm³/mol. The van der Waals surface area contributed by atoms with E-state index in [1.54, 1.807) is 46.9 Å². The summed E-state index contributed by atoms with van der Waals surface area (Å²) in [6.45, 7) is 10.1. The van der Waals surface area contributed by atoms with Gasteiger partial charge in [0.05, 0.1) is 5.70 Å². The highest BCUT2D eigenvalue weighted by atomic mass is 16.6. The Balaban J connectivity index is 2.39. The lowest BCUT2D eigenvalue weighted by atomic mass is 9.83. The largest absolute Gasteiger partial charge is 0.444 e. The van der Waals surface area contributed by atoms with E-state index in [1.165, 1.54) is 6.92 Å². The van der Waals surface area contributed by atoms with Crippen molar-refractivity contribution in [2.75, 3.05) is 0 Å². The Morgan fingerprint density at radius 1 is 1.11 bits per heavy atom. The molecule has 1 amide bonds. The lowest BCUT2D eigenvalue weighted by Gasteiger charge is -2.23. The fourth-order valence-corrected chi connectivity index (χ4v) is 2.59. The third-order valence-corrected chi connectivity index (χ3v) is 4.41. The second kappa shape index (κ2) is 8.00. The van der Waals surface area contributed by atoms with E-state index in [0.717, 1.165) is 16.5 Å². The minimum atomic E-state index is -0.827. The summed E-state index contributed by atoms with van der Waals surface area (Å²) in [6, 6.07) is 7.66. The second-order valence-electron chi connectivity index (χ2n) is 8.51. The Hall–Kier alpha value is -2.89. The number of allylic oxidation sites excluding steroid dienone is 1. The summed E-state index contributed by atoms with van der Waals surface area (Å²) in [5.41, 5.74) is 0.245. The van der Waals surface area contributed by atoms with Crippen LogP contribution in [0.15, 0.2) is 36.2 Å². The van der Waals surface area contributed by atoms with E-state index in [2.05, 4.69) is 10.3 Å². The minimum Gasteiger partial charge on any atom is -0.444 e. The van der Waals surface area contributed by atoms with Gasteiger partial charge in [0.15, 0.2) is 5.78 Å². The number of para-hydroxylation sites is 1. The van der Waals surface area contributed by atoms with E-state index in [0.29, 0.717) is 0 Å². The lowest BCUT2D eigenvalue weighted by Crippen LogP contribution is -2.35. The zero-order chi connectivity index (χ0) is 21.1. The number of H-pyrrole nitrogens is 1. The lowest BCUT2D eigenvalue weighted by molar-refractivity contribution is -0.129. The maximum Gasteiger partial charge on any atom is 0.412 e. The molecule has 0 atom stereocenters. The molecule has 0 fully saturated rings. The molecule has 2 rings (SSSR count). The highest BCUT2D eigenvalue weighted by molar-refractivity contribution is 6.05. The number of fused-ring (bicyclic) bond motifs is 1. The Morgan fingerprint density at radius 2 is 1.75 bits per heavy atom. The minimum absolute atomic E-state index is 0.0215. The fraction of sp³-hybridized carbons (Fsp3) is 0.409. The number of carbonyl (C=O) groups excluding carboxylic acids is 3. The summed E-state index contributed by atoms with van der Waals surface area (Å²) in [7, 11) is 0. The normalized spacial score (nSPS) is 12.7. The van der Waals surface area contributed by atoms with Crippen molar-refractivity contribution in [2.45, 2.75) is 53.6 Å². The van der Waals surface area contributed by atoms with Crippen molar-refractivity contribution in [1.82, 2.24) is 10.3 Å². The van der Waals surface area contributed by atoms with Crippen LogP contribution in [0.3, 0.4) is 0 Å². The first-order valence-electron chi connectivity index (χ1n) is 9.21. The number of hydrogen-bond acceptors (Lipinski definition) is 4. The zero-order valence-electron chi connectivity index (χ0n) is 17.3. The van der Waals surface area contributed by atoms with Crippen LogP contribution in [0.5, 0.6) is 0 Å². The third-order valence-electron chi connectivity index (χ3n) is 4.41. The maximum absolute atomic E-state index is 12.9. The van der Waals surface area contributed by atoms with Gasteiger partial charge in [-0.25, -0.2) is 4.79 Å². The molecule has 6 heteroatoms. The molecule has 0 saturated heterocycles. The second-order valence-corrected chi connectivity index (χ2v) is 8.51. The maximum atomic E-state index is 12.9. The number of aromatic amines is 1. The quantitative estimate of drug-likeness (QED) is 0.712. The molecular weight excluding hydrogens is 356 g/mol. The number of amides is 1. The van der Waals surface area contributed by atoms with Crippen molar-refractivity contribution >= 4 is 34.6 Å². The molecule has 0 aliphatic rings. The molecule has 0 saturated carbocycles. The molecule has 2 N–H and O–H groups in total. The van der Waals surface area contributed by atoms with Gasteiger partial charge in [-0.1, -0.05) is 32.0 Å². The van der Waals surface area contributed by atoms with Crippen LogP contribution in [-0.2, 0) is 14.3 Å². The number of benzene rings is 1. The highest BCUT2D eigenvalue weighted by Crippen LogP contribution is 2.25. The van der Waals surface area contributed by atoms with Crippen molar-refractivity contribution in [3.05, 3.63) is 41.7 Å².